The number of piperidine rings is 1. The first-order valence-electron chi connectivity index (χ1n) is 6.24. The molecule has 0 unspecified atom stereocenters. The van der Waals surface area contributed by atoms with E-state index in [-0.39, 0.29) is 5.91 Å². The van der Waals surface area contributed by atoms with Crippen molar-refractivity contribution in [2.75, 3.05) is 18.8 Å². The molecule has 2 N–H and O–H groups in total. The maximum absolute atomic E-state index is 12.4. The van der Waals surface area contributed by atoms with Crippen LogP contribution in [0.5, 0.6) is 0 Å². The first-order valence-corrected chi connectivity index (χ1v) is 7.03. The lowest BCUT2D eigenvalue weighted by Gasteiger charge is -2.37. The molecule has 2 rings (SSSR count). The summed E-state index contributed by atoms with van der Waals surface area (Å²) in [7, 11) is 0. The summed E-state index contributed by atoms with van der Waals surface area (Å²) >= 11 is 3.40. The summed E-state index contributed by atoms with van der Waals surface area (Å²) < 4.78 is 0.708. The van der Waals surface area contributed by atoms with E-state index in [2.05, 4.69) is 29.8 Å². The lowest BCUT2D eigenvalue weighted by molar-refractivity contribution is 0.0629. The van der Waals surface area contributed by atoms with Gasteiger partial charge >= 0.3 is 0 Å². The van der Waals surface area contributed by atoms with Gasteiger partial charge in [0.25, 0.3) is 5.91 Å². The van der Waals surface area contributed by atoms with E-state index in [1.54, 1.807) is 6.07 Å². The predicted molar refractivity (Wildman–Crippen MR) is 77.5 cm³/mol. The topological polar surface area (TPSA) is 46.3 Å². The van der Waals surface area contributed by atoms with Crippen molar-refractivity contribution < 1.29 is 4.79 Å². The van der Waals surface area contributed by atoms with Crippen LogP contribution in [0.2, 0.25) is 0 Å². The molecule has 1 aliphatic heterocycles. The first-order chi connectivity index (χ1) is 8.41. The Morgan fingerprint density at radius 1 is 1.33 bits per heavy atom. The summed E-state index contributed by atoms with van der Waals surface area (Å²) in [5, 5.41) is 0. The molecule has 0 radical (unpaired) electrons. The summed E-state index contributed by atoms with van der Waals surface area (Å²) in [6, 6.07) is 5.43. The standard InChI is InChI=1S/C14H19BrN2O/c1-14(2)6-8-17(9-7-14)13(18)10-4-3-5-11(16)12(10)15/h3-5H,6-9,16H2,1-2H3. The zero-order valence-electron chi connectivity index (χ0n) is 10.9. The summed E-state index contributed by atoms with van der Waals surface area (Å²) in [5.74, 6) is 0.0738. The Bertz CT molecular complexity index is 461. The van der Waals surface area contributed by atoms with Crippen LogP contribution in [0.1, 0.15) is 37.0 Å². The maximum Gasteiger partial charge on any atom is 0.255 e. The van der Waals surface area contributed by atoms with Crippen molar-refractivity contribution in [1.29, 1.82) is 0 Å². The molecule has 0 saturated carbocycles. The maximum atomic E-state index is 12.4. The number of nitrogen functional groups attached to an aromatic ring is 1. The van der Waals surface area contributed by atoms with Crippen LogP contribution in [0, 0.1) is 5.41 Å². The SMILES string of the molecule is CC1(C)CCN(C(=O)c2cccc(N)c2Br)CC1. The second-order valence-electron chi connectivity index (χ2n) is 5.67. The highest BCUT2D eigenvalue weighted by atomic mass is 79.9. The molecule has 1 amide bonds. The Balaban J connectivity index is 2.15. The van der Waals surface area contributed by atoms with Crippen LogP contribution in [0.4, 0.5) is 5.69 Å². The van der Waals surface area contributed by atoms with Gasteiger partial charge in [0.15, 0.2) is 0 Å². The number of anilines is 1. The smallest absolute Gasteiger partial charge is 0.255 e. The number of hydrogen-bond acceptors (Lipinski definition) is 2. The molecular weight excluding hydrogens is 292 g/mol. The highest BCUT2D eigenvalue weighted by Crippen LogP contribution is 2.31. The molecule has 1 fully saturated rings. The number of likely N-dealkylation sites (tertiary alicyclic amines) is 1. The summed E-state index contributed by atoms with van der Waals surface area (Å²) in [4.78, 5) is 14.3. The van der Waals surface area contributed by atoms with Crippen molar-refractivity contribution in [2.24, 2.45) is 5.41 Å². The fourth-order valence-electron chi connectivity index (χ4n) is 2.20. The molecule has 98 valence electrons. The lowest BCUT2D eigenvalue weighted by atomic mass is 9.82. The predicted octanol–water partition coefficient (Wildman–Crippen LogP) is 3.29. The second kappa shape index (κ2) is 4.92. The Morgan fingerprint density at radius 2 is 1.94 bits per heavy atom. The number of halogens is 1. The van der Waals surface area contributed by atoms with E-state index < -0.39 is 0 Å². The van der Waals surface area contributed by atoms with Crippen LogP contribution in [-0.4, -0.2) is 23.9 Å². The molecule has 0 aromatic heterocycles. The highest BCUT2D eigenvalue weighted by molar-refractivity contribution is 9.10. The number of carbonyl (C=O) groups excluding carboxylic acids is 1. The summed E-state index contributed by atoms with van der Waals surface area (Å²) in [6.45, 7) is 6.16. The van der Waals surface area contributed by atoms with E-state index in [9.17, 15) is 4.79 Å². The van der Waals surface area contributed by atoms with Gasteiger partial charge in [-0.2, -0.15) is 0 Å². The van der Waals surface area contributed by atoms with Crippen LogP contribution >= 0.6 is 15.9 Å². The third kappa shape index (κ3) is 2.69. The van der Waals surface area contributed by atoms with E-state index in [1.165, 1.54) is 0 Å². The number of nitrogens with zero attached hydrogens (tertiary/aromatic N) is 1. The van der Waals surface area contributed by atoms with Crippen molar-refractivity contribution in [2.45, 2.75) is 26.7 Å². The fourth-order valence-corrected chi connectivity index (χ4v) is 2.63. The Labute approximate surface area is 116 Å². The third-order valence-electron chi connectivity index (χ3n) is 3.66. The average molecular weight is 311 g/mol. The van der Waals surface area contributed by atoms with Gasteiger partial charge in [-0.05, 0) is 46.3 Å². The number of amides is 1. The largest absolute Gasteiger partial charge is 0.398 e. The molecule has 1 saturated heterocycles. The molecule has 1 aromatic rings. The van der Waals surface area contributed by atoms with E-state index in [0.29, 0.717) is 21.1 Å². The zero-order valence-corrected chi connectivity index (χ0v) is 12.5. The van der Waals surface area contributed by atoms with Gasteiger partial charge in [0.1, 0.15) is 0 Å². The molecule has 0 aliphatic carbocycles. The van der Waals surface area contributed by atoms with Crippen molar-refractivity contribution in [3.63, 3.8) is 0 Å². The van der Waals surface area contributed by atoms with Gasteiger partial charge < -0.3 is 10.6 Å². The van der Waals surface area contributed by atoms with Crippen LogP contribution in [0.3, 0.4) is 0 Å². The number of hydrogen-bond donors (Lipinski definition) is 1. The molecule has 0 spiro atoms. The molecule has 1 aliphatic rings. The van der Waals surface area contributed by atoms with Crippen molar-refractivity contribution in [3.8, 4) is 0 Å². The minimum atomic E-state index is 0.0738. The molecular formula is C14H19BrN2O. The van der Waals surface area contributed by atoms with Gasteiger partial charge in [-0.25, -0.2) is 0 Å². The second-order valence-corrected chi connectivity index (χ2v) is 6.46. The number of nitrogens with two attached hydrogens (primary N) is 1. The lowest BCUT2D eigenvalue weighted by Crippen LogP contribution is -2.41. The van der Waals surface area contributed by atoms with Gasteiger partial charge in [-0.1, -0.05) is 19.9 Å². The Morgan fingerprint density at radius 3 is 2.56 bits per heavy atom. The highest BCUT2D eigenvalue weighted by Gasteiger charge is 2.29. The third-order valence-corrected chi connectivity index (χ3v) is 4.55. The van der Waals surface area contributed by atoms with Gasteiger partial charge in [-0.15, -0.1) is 0 Å². The summed E-state index contributed by atoms with van der Waals surface area (Å²) in [5.41, 5.74) is 7.44. The minimum absolute atomic E-state index is 0.0738. The van der Waals surface area contributed by atoms with Crippen LogP contribution < -0.4 is 5.73 Å². The molecule has 18 heavy (non-hydrogen) atoms. The van der Waals surface area contributed by atoms with Gasteiger partial charge in [0, 0.05) is 18.8 Å². The van der Waals surface area contributed by atoms with Crippen LogP contribution in [0.25, 0.3) is 0 Å². The number of carbonyl (C=O) groups is 1. The van der Waals surface area contributed by atoms with Crippen LogP contribution in [0.15, 0.2) is 22.7 Å². The van der Waals surface area contributed by atoms with Crippen molar-refractivity contribution >= 4 is 27.5 Å². The minimum Gasteiger partial charge on any atom is -0.398 e. The first kappa shape index (κ1) is 13.4. The molecule has 3 nitrogen and oxygen atoms in total. The van der Waals surface area contributed by atoms with Gasteiger partial charge in [-0.3, -0.25) is 4.79 Å². The summed E-state index contributed by atoms with van der Waals surface area (Å²) in [6.07, 6.45) is 2.11. The number of rotatable bonds is 1. The molecule has 0 atom stereocenters. The Kier molecular flexibility index (Phi) is 3.66. The van der Waals surface area contributed by atoms with E-state index in [1.807, 2.05) is 17.0 Å². The number of benzene rings is 1. The molecule has 1 heterocycles. The van der Waals surface area contributed by atoms with Gasteiger partial charge in [0.2, 0.25) is 0 Å². The van der Waals surface area contributed by atoms with Crippen LogP contribution in [-0.2, 0) is 0 Å². The Hall–Kier alpha value is -1.03. The monoisotopic (exact) mass is 310 g/mol. The van der Waals surface area contributed by atoms with Gasteiger partial charge in [0.05, 0.1) is 10.0 Å². The fraction of sp³-hybridized carbons (Fsp3) is 0.500. The molecule has 4 heteroatoms. The van der Waals surface area contributed by atoms with E-state index in [4.69, 9.17) is 5.73 Å². The van der Waals surface area contributed by atoms with E-state index >= 15 is 0 Å². The molecule has 1 aromatic carbocycles. The average Bonchev–Trinajstić information content (AvgIpc) is 2.32. The van der Waals surface area contributed by atoms with Crippen molar-refractivity contribution in [1.82, 2.24) is 4.90 Å². The normalized spacial score (nSPS) is 18.7. The van der Waals surface area contributed by atoms with Crippen molar-refractivity contribution in [3.05, 3.63) is 28.2 Å². The quantitative estimate of drug-likeness (QED) is 0.809. The van der Waals surface area contributed by atoms with E-state index in [0.717, 1.165) is 25.9 Å². The molecule has 0 bridgehead atoms. The zero-order chi connectivity index (χ0) is 13.3.